The summed E-state index contributed by atoms with van der Waals surface area (Å²) in [5.74, 6) is -3.13. The molecule has 2 aromatic carbocycles. The van der Waals surface area contributed by atoms with Crippen molar-refractivity contribution in [1.29, 1.82) is 0 Å². The minimum absolute atomic E-state index is 0.165. The molecule has 7 nitrogen and oxygen atoms in total. The van der Waals surface area contributed by atoms with E-state index in [9.17, 15) is 26.0 Å². The third-order valence-corrected chi connectivity index (χ3v) is 6.75. The summed E-state index contributed by atoms with van der Waals surface area (Å²) in [4.78, 5) is 11.2. The van der Waals surface area contributed by atoms with Crippen molar-refractivity contribution in [2.45, 2.75) is 24.0 Å². The van der Waals surface area contributed by atoms with Crippen LogP contribution in [0.25, 0.3) is 10.9 Å². The number of likely N-dealkylation sites (tertiary alicyclic amines) is 1. The van der Waals surface area contributed by atoms with Crippen molar-refractivity contribution in [3.05, 3.63) is 60.0 Å². The molecule has 1 aliphatic heterocycles. The van der Waals surface area contributed by atoms with Crippen LogP contribution in [0.1, 0.15) is 12.0 Å². The zero-order chi connectivity index (χ0) is 24.4. The van der Waals surface area contributed by atoms with Crippen LogP contribution in [-0.2, 0) is 21.4 Å². The monoisotopic (exact) mass is 488 g/mol. The Morgan fingerprint density at radius 3 is 2.24 bits per heavy atom. The van der Waals surface area contributed by atoms with Crippen molar-refractivity contribution < 1.29 is 40.6 Å². The number of carboxylic acid groups (broad SMARTS) is 1. The lowest BCUT2D eigenvalue weighted by molar-refractivity contribution is -0.192. The number of aliphatic carboxylic acids is 1. The first-order valence-corrected chi connectivity index (χ1v) is 11.1. The Labute approximate surface area is 186 Å². The molecule has 0 unspecified atom stereocenters. The maximum Gasteiger partial charge on any atom is 0.490 e. The molecular weight excluding hydrogens is 468 g/mol. The number of benzene rings is 2. The second-order valence-electron chi connectivity index (χ2n) is 7.17. The highest BCUT2D eigenvalue weighted by Crippen LogP contribution is 2.35. The van der Waals surface area contributed by atoms with E-state index in [0.717, 1.165) is 23.5 Å². The SMILES string of the molecule is COc1c(F)cc2c(ccn2S(=O)(=O)c2ccccc2)c1CN1CCC1.O=C(O)C(F)(F)F. The van der Waals surface area contributed by atoms with E-state index in [0.29, 0.717) is 23.0 Å². The van der Waals surface area contributed by atoms with E-state index < -0.39 is 28.0 Å². The summed E-state index contributed by atoms with van der Waals surface area (Å²) in [7, 11) is -2.37. The minimum Gasteiger partial charge on any atom is -0.493 e. The normalized spacial score (nSPS) is 14.3. The fourth-order valence-corrected chi connectivity index (χ4v) is 4.69. The number of nitrogens with zero attached hydrogens (tertiary/aromatic N) is 2. The van der Waals surface area contributed by atoms with Crippen molar-refractivity contribution >= 4 is 26.9 Å². The predicted octanol–water partition coefficient (Wildman–Crippen LogP) is 3.87. The first kappa shape index (κ1) is 24.5. The lowest BCUT2D eigenvalue weighted by Crippen LogP contribution is -2.36. The van der Waals surface area contributed by atoms with Crippen LogP contribution in [0.15, 0.2) is 53.6 Å². The van der Waals surface area contributed by atoms with Gasteiger partial charge in [0.1, 0.15) is 0 Å². The second-order valence-corrected chi connectivity index (χ2v) is 8.98. The maximum atomic E-state index is 14.6. The fraction of sp³-hybridized carbons (Fsp3) is 0.286. The molecule has 1 fully saturated rings. The van der Waals surface area contributed by atoms with Gasteiger partial charge in [0.15, 0.2) is 11.6 Å². The van der Waals surface area contributed by atoms with E-state index in [2.05, 4.69) is 4.90 Å². The van der Waals surface area contributed by atoms with Gasteiger partial charge >= 0.3 is 12.1 Å². The molecule has 2 heterocycles. The van der Waals surface area contributed by atoms with Crippen LogP contribution < -0.4 is 4.74 Å². The van der Waals surface area contributed by atoms with Gasteiger partial charge in [0, 0.05) is 29.8 Å². The van der Waals surface area contributed by atoms with Crippen molar-refractivity contribution in [1.82, 2.24) is 8.87 Å². The molecule has 4 rings (SSSR count). The fourth-order valence-electron chi connectivity index (χ4n) is 3.33. The number of rotatable bonds is 5. The Bertz CT molecular complexity index is 1250. The molecule has 1 saturated heterocycles. The number of halogens is 4. The zero-order valence-corrected chi connectivity index (χ0v) is 18.2. The molecule has 0 aliphatic carbocycles. The van der Waals surface area contributed by atoms with Crippen LogP contribution in [0.2, 0.25) is 0 Å². The molecule has 0 atom stereocenters. The molecule has 12 heteroatoms. The smallest absolute Gasteiger partial charge is 0.490 e. The van der Waals surface area contributed by atoms with Gasteiger partial charge in [-0.3, -0.25) is 4.90 Å². The van der Waals surface area contributed by atoms with Crippen molar-refractivity contribution in [3.8, 4) is 5.75 Å². The van der Waals surface area contributed by atoms with Gasteiger partial charge in [0.25, 0.3) is 10.0 Å². The number of carboxylic acids is 1. The average molecular weight is 488 g/mol. The van der Waals surface area contributed by atoms with E-state index in [-0.39, 0.29) is 10.6 Å². The standard InChI is InChI=1S/C19H19FN2O3S.C2HF3O2/c1-25-19-16(13-21-9-5-10-21)15-8-11-22(18(15)12-17(19)20)26(23,24)14-6-3-2-4-7-14;3-2(4,5)1(6)7/h2-4,6-8,11-12H,5,9-10,13H2,1H3;(H,6,7). The molecule has 1 aromatic heterocycles. The Morgan fingerprint density at radius 2 is 1.76 bits per heavy atom. The summed E-state index contributed by atoms with van der Waals surface area (Å²) in [5.41, 5.74) is 1.01. The van der Waals surface area contributed by atoms with Gasteiger partial charge in [0.2, 0.25) is 0 Å². The lowest BCUT2D eigenvalue weighted by atomic mass is 10.1. The zero-order valence-electron chi connectivity index (χ0n) is 17.3. The Hall–Kier alpha value is -3.12. The topological polar surface area (TPSA) is 88.8 Å². The highest BCUT2D eigenvalue weighted by Gasteiger charge is 2.38. The molecule has 0 bridgehead atoms. The number of carbonyl (C=O) groups is 1. The number of ether oxygens (including phenoxy) is 1. The quantitative estimate of drug-likeness (QED) is 0.549. The highest BCUT2D eigenvalue weighted by molar-refractivity contribution is 7.90. The van der Waals surface area contributed by atoms with E-state index in [1.165, 1.54) is 31.5 Å². The first-order valence-electron chi connectivity index (χ1n) is 9.66. The number of methoxy groups -OCH3 is 1. The molecule has 1 N–H and O–H groups in total. The van der Waals surface area contributed by atoms with Crippen LogP contribution in [0.4, 0.5) is 17.6 Å². The molecule has 0 spiro atoms. The van der Waals surface area contributed by atoms with E-state index >= 15 is 0 Å². The van der Waals surface area contributed by atoms with Crippen LogP contribution in [0.5, 0.6) is 5.75 Å². The molecule has 0 amide bonds. The first-order chi connectivity index (χ1) is 15.5. The van der Waals surface area contributed by atoms with Gasteiger partial charge in [-0.2, -0.15) is 13.2 Å². The van der Waals surface area contributed by atoms with Crippen LogP contribution in [0.3, 0.4) is 0 Å². The van der Waals surface area contributed by atoms with Crippen molar-refractivity contribution in [3.63, 3.8) is 0 Å². The number of hydrogen-bond donors (Lipinski definition) is 1. The van der Waals surface area contributed by atoms with Gasteiger partial charge < -0.3 is 9.84 Å². The summed E-state index contributed by atoms with van der Waals surface area (Å²) >= 11 is 0. The summed E-state index contributed by atoms with van der Waals surface area (Å²) in [6.07, 6.45) is -2.49. The Balaban J connectivity index is 0.000000383. The van der Waals surface area contributed by atoms with Gasteiger partial charge in [-0.05, 0) is 37.7 Å². The predicted molar refractivity (Wildman–Crippen MR) is 111 cm³/mol. The van der Waals surface area contributed by atoms with Crippen LogP contribution in [-0.4, -0.2) is 54.7 Å². The highest BCUT2D eigenvalue weighted by atomic mass is 32.2. The molecule has 1 aliphatic rings. The number of hydrogen-bond acceptors (Lipinski definition) is 5. The van der Waals surface area contributed by atoms with Gasteiger partial charge in [-0.15, -0.1) is 0 Å². The van der Waals surface area contributed by atoms with Gasteiger partial charge in [0.05, 0.1) is 17.5 Å². The molecular formula is C21H20F4N2O5S. The summed E-state index contributed by atoms with van der Waals surface area (Å²) < 4.78 is 78.7. The summed E-state index contributed by atoms with van der Waals surface area (Å²) in [6.45, 7) is 2.43. The van der Waals surface area contributed by atoms with Gasteiger partial charge in [-0.25, -0.2) is 21.6 Å². The second kappa shape index (κ2) is 9.40. The number of aromatic nitrogens is 1. The molecule has 0 saturated carbocycles. The number of fused-ring (bicyclic) bond motifs is 1. The third-order valence-electron chi connectivity index (χ3n) is 5.05. The van der Waals surface area contributed by atoms with E-state index in [1.807, 2.05) is 0 Å². The Kier molecular flexibility index (Phi) is 6.98. The van der Waals surface area contributed by atoms with E-state index in [4.69, 9.17) is 14.6 Å². The molecule has 3 aromatic rings. The Morgan fingerprint density at radius 1 is 1.15 bits per heavy atom. The van der Waals surface area contributed by atoms with Crippen LogP contribution >= 0.6 is 0 Å². The molecule has 33 heavy (non-hydrogen) atoms. The summed E-state index contributed by atoms with van der Waals surface area (Å²) in [5, 5.41) is 7.81. The summed E-state index contributed by atoms with van der Waals surface area (Å²) in [6, 6.07) is 11.1. The average Bonchev–Trinajstić information content (AvgIpc) is 3.15. The van der Waals surface area contributed by atoms with Gasteiger partial charge in [-0.1, -0.05) is 18.2 Å². The minimum atomic E-state index is -5.08. The largest absolute Gasteiger partial charge is 0.493 e. The van der Waals surface area contributed by atoms with Crippen LogP contribution in [0, 0.1) is 5.82 Å². The molecule has 178 valence electrons. The molecule has 0 radical (unpaired) electrons. The van der Waals surface area contributed by atoms with Crippen molar-refractivity contribution in [2.75, 3.05) is 20.2 Å². The number of alkyl halides is 3. The third kappa shape index (κ3) is 5.11. The maximum absolute atomic E-state index is 14.6. The van der Waals surface area contributed by atoms with Crippen molar-refractivity contribution in [2.24, 2.45) is 0 Å². The lowest BCUT2D eigenvalue weighted by Gasteiger charge is -2.31. The van der Waals surface area contributed by atoms with E-state index in [1.54, 1.807) is 24.3 Å².